The molecule has 0 aliphatic carbocycles. The summed E-state index contributed by atoms with van der Waals surface area (Å²) in [7, 11) is 1.83. The van der Waals surface area contributed by atoms with Crippen molar-refractivity contribution in [3.05, 3.63) is 53.1 Å². The van der Waals surface area contributed by atoms with Gasteiger partial charge in [0.2, 0.25) is 0 Å². The number of allylic oxidation sites excluding steroid dienone is 1. The molecule has 1 heterocycles. The summed E-state index contributed by atoms with van der Waals surface area (Å²) >= 11 is 0. The number of rotatable bonds is 7. The average molecular weight is 358 g/mol. The molecule has 0 saturated carbocycles. The van der Waals surface area contributed by atoms with Gasteiger partial charge in [0.15, 0.2) is 0 Å². The van der Waals surface area contributed by atoms with E-state index < -0.39 is 6.10 Å². The van der Waals surface area contributed by atoms with Crippen LogP contribution in [-0.2, 0) is 13.5 Å². The van der Waals surface area contributed by atoms with Gasteiger partial charge in [0.25, 0.3) is 0 Å². The number of aliphatic hydroxyl groups excluding tert-OH is 1. The Morgan fingerprint density at radius 2 is 2.12 bits per heavy atom. The maximum absolute atomic E-state index is 13.6. The van der Waals surface area contributed by atoms with Gasteiger partial charge in [-0.15, -0.1) is 0 Å². The summed E-state index contributed by atoms with van der Waals surface area (Å²) in [5.41, 5.74) is 9.51. The number of hydrogen-bond donors (Lipinski definition) is 2. The average Bonchev–Trinajstić information content (AvgIpc) is 2.93. The molecular weight excluding hydrogens is 331 g/mol. The monoisotopic (exact) mass is 358 g/mol. The Bertz CT molecular complexity index is 806. The largest absolute Gasteiger partial charge is 0.404 e. The van der Waals surface area contributed by atoms with Crippen molar-refractivity contribution in [2.24, 2.45) is 23.7 Å². The molecule has 0 spiro atoms. The van der Waals surface area contributed by atoms with Gasteiger partial charge in [0.05, 0.1) is 11.8 Å². The molecule has 26 heavy (non-hydrogen) atoms. The van der Waals surface area contributed by atoms with E-state index in [1.165, 1.54) is 12.1 Å². The third-order valence-electron chi connectivity index (χ3n) is 3.96. The quantitative estimate of drug-likeness (QED) is 0.745. The van der Waals surface area contributed by atoms with Crippen LogP contribution in [0.1, 0.15) is 38.0 Å². The van der Waals surface area contributed by atoms with E-state index in [1.807, 2.05) is 13.2 Å². The van der Waals surface area contributed by atoms with Crippen LogP contribution >= 0.6 is 0 Å². The fraction of sp³-hybridized carbons (Fsp3) is 0.400. The molecule has 6 heteroatoms. The normalized spacial score (nSPS) is 13.7. The van der Waals surface area contributed by atoms with Gasteiger partial charge in [-0.3, -0.25) is 9.67 Å². The molecule has 0 radical (unpaired) electrons. The van der Waals surface area contributed by atoms with Crippen molar-refractivity contribution in [2.75, 3.05) is 6.54 Å². The number of aliphatic imine (C=N–C) groups is 1. The molecule has 0 saturated heterocycles. The van der Waals surface area contributed by atoms with Gasteiger partial charge in [0.1, 0.15) is 5.82 Å². The molecule has 1 aromatic heterocycles. The molecule has 140 valence electrons. The molecule has 0 bridgehead atoms. The van der Waals surface area contributed by atoms with Crippen molar-refractivity contribution in [1.82, 2.24) is 9.78 Å². The third-order valence-corrected chi connectivity index (χ3v) is 3.96. The van der Waals surface area contributed by atoms with E-state index in [9.17, 15) is 9.50 Å². The zero-order valence-corrected chi connectivity index (χ0v) is 15.8. The number of nitrogens with two attached hydrogens (primary N) is 1. The highest BCUT2D eigenvalue weighted by Gasteiger charge is 2.17. The van der Waals surface area contributed by atoms with E-state index in [1.54, 1.807) is 30.1 Å². The molecule has 2 aromatic rings. The standard InChI is InChI=1S/C20H27FN4O/c1-13(2)10-23-11-15(9-22)7-16-12-25(4)24-20(16)18-6-5-17(21)8-19(18)14(3)26/h5-6,8-9,11-14,26H,7,10,22H2,1-4H3/t14-/m1/s1. The van der Waals surface area contributed by atoms with Gasteiger partial charge >= 0.3 is 0 Å². The van der Waals surface area contributed by atoms with Crippen LogP contribution in [0.4, 0.5) is 4.39 Å². The topological polar surface area (TPSA) is 76.4 Å². The summed E-state index contributed by atoms with van der Waals surface area (Å²) in [6.45, 7) is 6.56. The lowest BCUT2D eigenvalue weighted by Gasteiger charge is -2.12. The SMILES string of the molecule is CC(C)CN=CC(=CN)Cc1cn(C)nc1-c1ccc(F)cc1[C@@H](C)O. The van der Waals surface area contributed by atoms with Crippen LogP contribution in [0.25, 0.3) is 11.3 Å². The van der Waals surface area contributed by atoms with Crippen molar-refractivity contribution in [3.8, 4) is 11.3 Å². The highest BCUT2D eigenvalue weighted by atomic mass is 19.1. The fourth-order valence-electron chi connectivity index (χ4n) is 2.74. The first kappa shape index (κ1) is 19.8. The van der Waals surface area contributed by atoms with Crippen LogP contribution < -0.4 is 5.73 Å². The molecular formula is C20H27FN4O. The molecule has 0 fully saturated rings. The van der Waals surface area contributed by atoms with Crippen molar-refractivity contribution in [2.45, 2.75) is 33.3 Å². The van der Waals surface area contributed by atoms with E-state index in [0.29, 0.717) is 29.2 Å². The van der Waals surface area contributed by atoms with Gasteiger partial charge in [-0.1, -0.05) is 13.8 Å². The second-order valence-electron chi connectivity index (χ2n) is 6.89. The Labute approximate surface area is 154 Å². The highest BCUT2D eigenvalue weighted by Crippen LogP contribution is 2.31. The van der Waals surface area contributed by atoms with Crippen LogP contribution in [0.2, 0.25) is 0 Å². The lowest BCUT2D eigenvalue weighted by atomic mass is 9.96. The van der Waals surface area contributed by atoms with Crippen molar-refractivity contribution >= 4 is 6.21 Å². The van der Waals surface area contributed by atoms with Crippen LogP contribution in [0.5, 0.6) is 0 Å². The van der Waals surface area contributed by atoms with Gasteiger partial charge < -0.3 is 10.8 Å². The zero-order chi connectivity index (χ0) is 19.3. The summed E-state index contributed by atoms with van der Waals surface area (Å²) in [5, 5.41) is 14.6. The number of aromatic nitrogens is 2. The lowest BCUT2D eigenvalue weighted by Crippen LogP contribution is -2.01. The van der Waals surface area contributed by atoms with Gasteiger partial charge in [0, 0.05) is 43.6 Å². The summed E-state index contributed by atoms with van der Waals surface area (Å²) in [5.74, 6) is 0.0949. The van der Waals surface area contributed by atoms with E-state index in [-0.39, 0.29) is 5.82 Å². The minimum Gasteiger partial charge on any atom is -0.404 e. The Morgan fingerprint density at radius 1 is 1.38 bits per heavy atom. The predicted molar refractivity (Wildman–Crippen MR) is 103 cm³/mol. The second-order valence-corrected chi connectivity index (χ2v) is 6.89. The number of halogens is 1. The Balaban J connectivity index is 2.38. The van der Waals surface area contributed by atoms with E-state index in [0.717, 1.165) is 17.7 Å². The molecule has 1 atom stereocenters. The lowest BCUT2D eigenvalue weighted by molar-refractivity contribution is 0.199. The van der Waals surface area contributed by atoms with Crippen LogP contribution in [0.3, 0.4) is 0 Å². The summed E-state index contributed by atoms with van der Waals surface area (Å²) < 4.78 is 15.3. The first-order valence-electron chi connectivity index (χ1n) is 8.72. The second kappa shape index (κ2) is 8.76. The number of nitrogens with zero attached hydrogens (tertiary/aromatic N) is 3. The number of aliphatic hydroxyl groups is 1. The Kier molecular flexibility index (Phi) is 6.69. The molecule has 5 nitrogen and oxygen atoms in total. The van der Waals surface area contributed by atoms with Gasteiger partial charge in [-0.05, 0) is 48.4 Å². The van der Waals surface area contributed by atoms with Crippen LogP contribution in [0, 0.1) is 11.7 Å². The van der Waals surface area contributed by atoms with Crippen molar-refractivity contribution < 1.29 is 9.50 Å². The highest BCUT2D eigenvalue weighted by molar-refractivity contribution is 5.80. The van der Waals surface area contributed by atoms with Crippen molar-refractivity contribution in [1.29, 1.82) is 0 Å². The molecule has 2 rings (SSSR count). The zero-order valence-electron chi connectivity index (χ0n) is 15.8. The predicted octanol–water partition coefficient (Wildman–Crippen LogP) is 3.39. The summed E-state index contributed by atoms with van der Waals surface area (Å²) in [6.07, 6.45) is 4.99. The molecule has 0 aliphatic heterocycles. The minimum atomic E-state index is -0.798. The molecule has 0 amide bonds. The third kappa shape index (κ3) is 5.02. The van der Waals surface area contributed by atoms with Gasteiger partial charge in [-0.25, -0.2) is 4.39 Å². The minimum absolute atomic E-state index is 0.384. The van der Waals surface area contributed by atoms with Gasteiger partial charge in [-0.2, -0.15) is 5.10 Å². The molecule has 0 aliphatic rings. The molecule has 1 aromatic carbocycles. The van der Waals surface area contributed by atoms with E-state index in [2.05, 4.69) is 23.9 Å². The van der Waals surface area contributed by atoms with Crippen LogP contribution in [-0.4, -0.2) is 27.6 Å². The van der Waals surface area contributed by atoms with Crippen LogP contribution in [0.15, 0.2) is 41.2 Å². The number of benzene rings is 1. The molecule has 3 N–H and O–H groups in total. The van der Waals surface area contributed by atoms with Crippen molar-refractivity contribution in [3.63, 3.8) is 0 Å². The van der Waals surface area contributed by atoms with E-state index in [4.69, 9.17) is 5.73 Å². The Hall–Kier alpha value is -2.47. The maximum atomic E-state index is 13.6. The summed E-state index contributed by atoms with van der Waals surface area (Å²) in [4.78, 5) is 4.41. The Morgan fingerprint density at radius 3 is 2.73 bits per heavy atom. The smallest absolute Gasteiger partial charge is 0.123 e. The summed E-state index contributed by atoms with van der Waals surface area (Å²) in [6, 6.07) is 4.38. The fourth-order valence-corrected chi connectivity index (χ4v) is 2.74. The molecule has 0 unspecified atom stereocenters. The number of hydrogen-bond acceptors (Lipinski definition) is 4. The first-order chi connectivity index (χ1) is 12.3. The number of aryl methyl sites for hydroxylation is 1. The van der Waals surface area contributed by atoms with E-state index >= 15 is 0 Å². The first-order valence-corrected chi connectivity index (χ1v) is 8.72. The maximum Gasteiger partial charge on any atom is 0.123 e.